The maximum Gasteiger partial charge on any atom is 0.329 e. The second kappa shape index (κ2) is 10.9. The molecule has 1 aromatic carbocycles. The fourth-order valence-electron chi connectivity index (χ4n) is 3.98. The van der Waals surface area contributed by atoms with Gasteiger partial charge in [-0.25, -0.2) is 14.2 Å². The first-order valence-electron chi connectivity index (χ1n) is 10.9. The number of carboxylic acids is 1. The molecular weight excluding hydrogens is 527 g/mol. The summed E-state index contributed by atoms with van der Waals surface area (Å²) in [4.78, 5) is 35.4. The molecule has 0 amide bonds. The highest BCUT2D eigenvalue weighted by molar-refractivity contribution is 9.10. The second-order valence-electron chi connectivity index (χ2n) is 8.09. The Morgan fingerprint density at radius 2 is 2.18 bits per heavy atom. The molecular formula is C23H24BrFN4O4S. The van der Waals surface area contributed by atoms with Crippen molar-refractivity contribution in [3.8, 4) is 0 Å². The Hall–Kier alpha value is -2.47. The van der Waals surface area contributed by atoms with Crippen LogP contribution in [0.1, 0.15) is 36.4 Å². The molecule has 0 bridgehead atoms. The minimum absolute atomic E-state index is 0.0210. The molecule has 8 nitrogen and oxygen atoms in total. The van der Waals surface area contributed by atoms with E-state index in [2.05, 4.69) is 31.1 Å². The Morgan fingerprint density at radius 1 is 1.38 bits per heavy atom. The summed E-state index contributed by atoms with van der Waals surface area (Å²) in [5, 5.41) is 14.7. The average Bonchev–Trinajstić information content (AvgIpc) is 3.29. The van der Waals surface area contributed by atoms with E-state index in [-0.39, 0.29) is 24.3 Å². The van der Waals surface area contributed by atoms with Crippen LogP contribution in [0.25, 0.3) is 0 Å². The summed E-state index contributed by atoms with van der Waals surface area (Å²) < 4.78 is 19.7. The van der Waals surface area contributed by atoms with Crippen LogP contribution in [0, 0.1) is 5.82 Å². The molecule has 3 heterocycles. The molecule has 2 aliphatic heterocycles. The SMILES string of the molecule is CCCC(=O)C1=C(CN2CC(OCC(=O)O)C2)NC(c2nccs2)=N[C@H]1c1ccc(F)cc1Br. The molecule has 0 unspecified atom stereocenters. The largest absolute Gasteiger partial charge is 0.480 e. The number of ether oxygens (including phenoxy) is 1. The van der Waals surface area contributed by atoms with Gasteiger partial charge < -0.3 is 15.2 Å². The number of hydrogen-bond donors (Lipinski definition) is 2. The van der Waals surface area contributed by atoms with E-state index in [1.165, 1.54) is 23.5 Å². The van der Waals surface area contributed by atoms with E-state index in [4.69, 9.17) is 14.8 Å². The number of aromatic nitrogens is 1. The first-order chi connectivity index (χ1) is 16.4. The lowest BCUT2D eigenvalue weighted by Gasteiger charge is -2.40. The van der Waals surface area contributed by atoms with Crippen molar-refractivity contribution in [3.05, 3.63) is 61.9 Å². The summed E-state index contributed by atoms with van der Waals surface area (Å²) in [5.74, 6) is -0.849. The summed E-state index contributed by atoms with van der Waals surface area (Å²) in [6.07, 6.45) is 2.57. The van der Waals surface area contributed by atoms with Crippen LogP contribution in [0.3, 0.4) is 0 Å². The van der Waals surface area contributed by atoms with Crippen LogP contribution < -0.4 is 5.32 Å². The molecule has 2 N–H and O–H groups in total. The molecule has 180 valence electrons. The van der Waals surface area contributed by atoms with E-state index in [0.29, 0.717) is 58.9 Å². The fraction of sp³-hybridized carbons (Fsp3) is 0.391. The van der Waals surface area contributed by atoms with Crippen molar-refractivity contribution in [3.63, 3.8) is 0 Å². The Balaban J connectivity index is 1.68. The van der Waals surface area contributed by atoms with Crippen LogP contribution in [0.2, 0.25) is 0 Å². The van der Waals surface area contributed by atoms with Gasteiger partial charge in [-0.2, -0.15) is 0 Å². The summed E-state index contributed by atoms with van der Waals surface area (Å²) in [7, 11) is 0. The number of thiazole rings is 1. The number of rotatable bonds is 10. The number of amidine groups is 1. The van der Waals surface area contributed by atoms with Crippen molar-refractivity contribution in [2.24, 2.45) is 4.99 Å². The number of nitrogens with one attached hydrogen (secondary N) is 1. The van der Waals surface area contributed by atoms with Crippen LogP contribution in [0.15, 0.2) is 50.5 Å². The monoisotopic (exact) mass is 550 g/mol. The Kier molecular flexibility index (Phi) is 7.87. The Bertz CT molecular complexity index is 1130. The summed E-state index contributed by atoms with van der Waals surface area (Å²) in [5.41, 5.74) is 1.96. The minimum Gasteiger partial charge on any atom is -0.480 e. The highest BCUT2D eigenvalue weighted by atomic mass is 79.9. The topological polar surface area (TPSA) is 104 Å². The standard InChI is InChI=1S/C23H24BrFN4O4S/c1-2-3-18(30)20-17(11-29-9-14(10-29)33-12-19(31)32)27-22(23-26-6-7-34-23)28-21(20)15-5-4-13(25)8-16(15)24/h4-8,14,21H,2-3,9-12H2,1H3,(H,27,28)(H,31,32)/t21-/m0/s1. The van der Waals surface area contributed by atoms with Crippen molar-refractivity contribution in [1.29, 1.82) is 0 Å². The van der Waals surface area contributed by atoms with Crippen molar-refractivity contribution in [2.45, 2.75) is 31.9 Å². The van der Waals surface area contributed by atoms with E-state index in [1.54, 1.807) is 12.3 Å². The van der Waals surface area contributed by atoms with E-state index < -0.39 is 12.0 Å². The molecule has 4 rings (SSSR count). The van der Waals surface area contributed by atoms with Crippen molar-refractivity contribution in [1.82, 2.24) is 15.2 Å². The summed E-state index contributed by atoms with van der Waals surface area (Å²) in [6.45, 7) is 3.17. The van der Waals surface area contributed by atoms with Crippen LogP contribution >= 0.6 is 27.3 Å². The van der Waals surface area contributed by atoms with Gasteiger partial charge in [-0.05, 0) is 24.1 Å². The van der Waals surface area contributed by atoms with Gasteiger partial charge in [0.25, 0.3) is 0 Å². The average molecular weight is 551 g/mol. The van der Waals surface area contributed by atoms with Gasteiger partial charge in [0.1, 0.15) is 18.5 Å². The van der Waals surface area contributed by atoms with Crippen LogP contribution in [0.4, 0.5) is 4.39 Å². The highest BCUT2D eigenvalue weighted by Gasteiger charge is 2.35. The number of ketones is 1. The van der Waals surface area contributed by atoms with Gasteiger partial charge >= 0.3 is 5.97 Å². The molecule has 1 saturated heterocycles. The van der Waals surface area contributed by atoms with Gasteiger partial charge in [0.15, 0.2) is 16.6 Å². The zero-order valence-electron chi connectivity index (χ0n) is 18.5. The molecule has 0 aliphatic carbocycles. The lowest BCUT2D eigenvalue weighted by atomic mass is 9.90. The maximum atomic E-state index is 13.8. The molecule has 11 heteroatoms. The number of carbonyl (C=O) groups excluding carboxylic acids is 1. The number of aliphatic carboxylic acids is 1. The van der Waals surface area contributed by atoms with Gasteiger partial charge in [-0.15, -0.1) is 11.3 Å². The van der Waals surface area contributed by atoms with Crippen molar-refractivity contribution < 1.29 is 23.8 Å². The Labute approximate surface area is 208 Å². The number of aliphatic imine (C=N–C) groups is 1. The molecule has 1 fully saturated rings. The highest BCUT2D eigenvalue weighted by Crippen LogP contribution is 2.37. The smallest absolute Gasteiger partial charge is 0.329 e. The van der Waals surface area contributed by atoms with Gasteiger partial charge in [0.05, 0.1) is 6.10 Å². The number of Topliss-reactive ketones (excluding diaryl/α,β-unsaturated/α-hetero) is 1. The summed E-state index contributed by atoms with van der Waals surface area (Å²) in [6, 6.07) is 3.76. The predicted molar refractivity (Wildman–Crippen MR) is 129 cm³/mol. The third-order valence-corrected chi connectivity index (χ3v) is 7.01. The number of nitrogens with zero attached hydrogens (tertiary/aromatic N) is 3. The molecule has 1 atom stereocenters. The number of carboxylic acid groups (broad SMARTS) is 1. The quantitative estimate of drug-likeness (QED) is 0.466. The third-order valence-electron chi connectivity index (χ3n) is 5.54. The van der Waals surface area contributed by atoms with Gasteiger partial charge in [-0.1, -0.05) is 28.9 Å². The molecule has 1 aromatic heterocycles. The maximum absolute atomic E-state index is 13.8. The van der Waals surface area contributed by atoms with Gasteiger partial charge in [-0.3, -0.25) is 14.7 Å². The molecule has 0 radical (unpaired) electrons. The van der Waals surface area contributed by atoms with Gasteiger partial charge in [0, 0.05) is 53.4 Å². The number of likely N-dealkylation sites (tertiary alicyclic amines) is 1. The van der Waals surface area contributed by atoms with E-state index in [9.17, 15) is 14.0 Å². The number of carbonyl (C=O) groups is 2. The van der Waals surface area contributed by atoms with Crippen molar-refractivity contribution in [2.75, 3.05) is 26.2 Å². The number of hydrogen-bond acceptors (Lipinski definition) is 8. The minimum atomic E-state index is -1.00. The lowest BCUT2D eigenvalue weighted by Crippen LogP contribution is -2.54. The van der Waals surface area contributed by atoms with Crippen LogP contribution in [-0.2, 0) is 14.3 Å². The number of halogens is 2. The van der Waals surface area contributed by atoms with Crippen LogP contribution in [0.5, 0.6) is 0 Å². The first-order valence-corrected chi connectivity index (χ1v) is 12.5. The fourth-order valence-corrected chi connectivity index (χ4v) is 5.13. The van der Waals surface area contributed by atoms with E-state index in [1.807, 2.05) is 12.3 Å². The first kappa shape index (κ1) is 24.6. The zero-order chi connectivity index (χ0) is 24.2. The normalized spacial score (nSPS) is 18.9. The molecule has 34 heavy (non-hydrogen) atoms. The Morgan fingerprint density at radius 3 is 2.82 bits per heavy atom. The summed E-state index contributed by atoms with van der Waals surface area (Å²) >= 11 is 4.88. The molecule has 2 aliphatic rings. The van der Waals surface area contributed by atoms with E-state index in [0.717, 1.165) is 5.70 Å². The second-order valence-corrected chi connectivity index (χ2v) is 9.84. The molecule has 2 aromatic rings. The van der Waals surface area contributed by atoms with Crippen molar-refractivity contribution >= 4 is 44.9 Å². The zero-order valence-corrected chi connectivity index (χ0v) is 20.9. The predicted octanol–water partition coefficient (Wildman–Crippen LogP) is 3.54. The molecule has 0 saturated carbocycles. The lowest BCUT2D eigenvalue weighted by molar-refractivity contribution is -0.148. The third kappa shape index (κ3) is 5.60. The van der Waals surface area contributed by atoms with E-state index >= 15 is 0 Å². The van der Waals surface area contributed by atoms with Gasteiger partial charge in [0.2, 0.25) is 0 Å². The van der Waals surface area contributed by atoms with Crippen LogP contribution in [-0.4, -0.2) is 64.9 Å². The molecule has 0 spiro atoms. The number of benzene rings is 1.